The Bertz CT molecular complexity index is 476. The Hall–Kier alpha value is -0.870. The molecular formula is C12H19NO2S. The van der Waals surface area contributed by atoms with Crippen molar-refractivity contribution >= 4 is 10.0 Å². The third-order valence-electron chi connectivity index (χ3n) is 2.65. The second kappa shape index (κ2) is 4.55. The van der Waals surface area contributed by atoms with Gasteiger partial charge in [-0.3, -0.25) is 0 Å². The van der Waals surface area contributed by atoms with E-state index in [0.717, 1.165) is 11.1 Å². The largest absolute Gasteiger partial charge is 0.242 e. The van der Waals surface area contributed by atoms with Gasteiger partial charge in [-0.1, -0.05) is 19.9 Å². The summed E-state index contributed by atoms with van der Waals surface area (Å²) in [6.45, 7) is 6.13. The topological polar surface area (TPSA) is 37.4 Å². The molecular weight excluding hydrogens is 222 g/mol. The SMILES string of the molecule is Cc1ccc(S(=O)(=O)N(C)C)cc1C(C)C. The quantitative estimate of drug-likeness (QED) is 0.814. The maximum atomic E-state index is 11.9. The first-order chi connectivity index (χ1) is 7.26. The molecule has 0 amide bonds. The van der Waals surface area contributed by atoms with Crippen LogP contribution in [-0.4, -0.2) is 26.8 Å². The summed E-state index contributed by atoms with van der Waals surface area (Å²) in [6, 6.07) is 5.30. The Balaban J connectivity index is 3.34. The van der Waals surface area contributed by atoms with Crippen LogP contribution in [0.4, 0.5) is 0 Å². The smallest absolute Gasteiger partial charge is 0.207 e. The summed E-state index contributed by atoms with van der Waals surface area (Å²) >= 11 is 0. The molecule has 0 fully saturated rings. The lowest BCUT2D eigenvalue weighted by molar-refractivity contribution is 0.520. The van der Waals surface area contributed by atoms with Crippen LogP contribution in [0.25, 0.3) is 0 Å². The number of sulfonamides is 1. The Labute approximate surface area is 98.1 Å². The fraction of sp³-hybridized carbons (Fsp3) is 0.500. The van der Waals surface area contributed by atoms with Crippen molar-refractivity contribution in [3.63, 3.8) is 0 Å². The lowest BCUT2D eigenvalue weighted by atomic mass is 9.98. The first-order valence-electron chi connectivity index (χ1n) is 5.30. The lowest BCUT2D eigenvalue weighted by Gasteiger charge is -2.15. The zero-order valence-electron chi connectivity index (χ0n) is 10.5. The third kappa shape index (κ3) is 2.44. The summed E-state index contributed by atoms with van der Waals surface area (Å²) in [5.74, 6) is 0.331. The summed E-state index contributed by atoms with van der Waals surface area (Å²) in [7, 11) is -0.225. The Morgan fingerprint density at radius 2 is 1.75 bits per heavy atom. The van der Waals surface area contributed by atoms with E-state index in [4.69, 9.17) is 0 Å². The van der Waals surface area contributed by atoms with Gasteiger partial charge in [0.05, 0.1) is 4.90 Å². The van der Waals surface area contributed by atoms with Gasteiger partial charge in [0.25, 0.3) is 0 Å². The first kappa shape index (κ1) is 13.2. The summed E-state index contributed by atoms with van der Waals surface area (Å²) in [5, 5.41) is 0. The van der Waals surface area contributed by atoms with Gasteiger partial charge in [0.2, 0.25) is 10.0 Å². The summed E-state index contributed by atoms with van der Waals surface area (Å²) in [6.07, 6.45) is 0. The van der Waals surface area contributed by atoms with Crippen LogP contribution in [0.15, 0.2) is 23.1 Å². The van der Waals surface area contributed by atoms with E-state index in [1.165, 1.54) is 4.31 Å². The molecule has 3 nitrogen and oxygen atoms in total. The zero-order chi connectivity index (χ0) is 12.5. The molecule has 0 aromatic heterocycles. The van der Waals surface area contributed by atoms with E-state index in [1.807, 2.05) is 13.0 Å². The normalized spacial score (nSPS) is 12.4. The van der Waals surface area contributed by atoms with E-state index < -0.39 is 10.0 Å². The molecule has 1 rings (SSSR count). The summed E-state index contributed by atoms with van der Waals surface area (Å²) < 4.78 is 25.1. The number of hydrogen-bond donors (Lipinski definition) is 0. The molecule has 0 unspecified atom stereocenters. The van der Waals surface area contributed by atoms with Gasteiger partial charge in [0, 0.05) is 14.1 Å². The van der Waals surface area contributed by atoms with Crippen LogP contribution >= 0.6 is 0 Å². The van der Waals surface area contributed by atoms with Gasteiger partial charge >= 0.3 is 0 Å². The molecule has 0 saturated carbocycles. The second-order valence-corrected chi connectivity index (χ2v) is 6.61. The highest BCUT2D eigenvalue weighted by Crippen LogP contribution is 2.23. The minimum Gasteiger partial charge on any atom is -0.207 e. The van der Waals surface area contributed by atoms with Crippen molar-refractivity contribution in [1.29, 1.82) is 0 Å². The van der Waals surface area contributed by atoms with Crippen molar-refractivity contribution in [2.75, 3.05) is 14.1 Å². The van der Waals surface area contributed by atoms with Crippen molar-refractivity contribution in [3.05, 3.63) is 29.3 Å². The predicted octanol–water partition coefficient (Wildman–Crippen LogP) is 2.37. The van der Waals surface area contributed by atoms with Crippen molar-refractivity contribution in [2.24, 2.45) is 0 Å². The standard InChI is InChI=1S/C12H19NO2S/c1-9(2)12-8-11(7-6-10(12)3)16(14,15)13(4)5/h6-9H,1-5H3. The summed E-state index contributed by atoms with van der Waals surface area (Å²) in [5.41, 5.74) is 2.22. The molecule has 0 spiro atoms. The van der Waals surface area contributed by atoms with Crippen molar-refractivity contribution in [2.45, 2.75) is 31.6 Å². The monoisotopic (exact) mass is 241 g/mol. The molecule has 4 heteroatoms. The van der Waals surface area contributed by atoms with E-state index in [0.29, 0.717) is 10.8 Å². The van der Waals surface area contributed by atoms with Crippen molar-refractivity contribution in [1.82, 2.24) is 4.31 Å². The zero-order valence-corrected chi connectivity index (χ0v) is 11.3. The Morgan fingerprint density at radius 3 is 2.19 bits per heavy atom. The molecule has 90 valence electrons. The van der Waals surface area contributed by atoms with E-state index in [9.17, 15) is 8.42 Å². The summed E-state index contributed by atoms with van der Waals surface area (Å²) in [4.78, 5) is 0.367. The predicted molar refractivity (Wildman–Crippen MR) is 66.1 cm³/mol. The average Bonchev–Trinajstić information content (AvgIpc) is 2.17. The molecule has 1 aromatic carbocycles. The molecule has 16 heavy (non-hydrogen) atoms. The van der Waals surface area contributed by atoms with Crippen LogP contribution in [-0.2, 0) is 10.0 Å². The first-order valence-corrected chi connectivity index (χ1v) is 6.74. The minimum atomic E-state index is -3.32. The van der Waals surface area contributed by atoms with Crippen LogP contribution in [0.1, 0.15) is 30.9 Å². The molecule has 0 heterocycles. The third-order valence-corrected chi connectivity index (χ3v) is 4.46. The lowest BCUT2D eigenvalue weighted by Crippen LogP contribution is -2.22. The Morgan fingerprint density at radius 1 is 1.19 bits per heavy atom. The van der Waals surface area contributed by atoms with Gasteiger partial charge in [-0.2, -0.15) is 0 Å². The number of benzene rings is 1. The molecule has 0 radical (unpaired) electrons. The molecule has 0 atom stereocenters. The van der Waals surface area contributed by atoms with E-state index in [2.05, 4.69) is 13.8 Å². The molecule has 1 aromatic rings. The second-order valence-electron chi connectivity index (χ2n) is 4.46. The molecule has 0 saturated heterocycles. The van der Waals surface area contributed by atoms with Gasteiger partial charge < -0.3 is 0 Å². The molecule has 0 aliphatic heterocycles. The van der Waals surface area contributed by atoms with Gasteiger partial charge in [0.15, 0.2) is 0 Å². The van der Waals surface area contributed by atoms with Crippen LogP contribution in [0.3, 0.4) is 0 Å². The maximum Gasteiger partial charge on any atom is 0.242 e. The molecule has 0 aliphatic rings. The van der Waals surface area contributed by atoms with E-state index in [-0.39, 0.29) is 0 Å². The number of rotatable bonds is 3. The van der Waals surface area contributed by atoms with Crippen LogP contribution in [0.2, 0.25) is 0 Å². The number of hydrogen-bond acceptors (Lipinski definition) is 2. The molecule has 0 aliphatic carbocycles. The van der Waals surface area contributed by atoms with Gasteiger partial charge in [0.1, 0.15) is 0 Å². The van der Waals surface area contributed by atoms with Crippen molar-refractivity contribution in [3.8, 4) is 0 Å². The van der Waals surface area contributed by atoms with E-state index >= 15 is 0 Å². The van der Waals surface area contributed by atoms with E-state index in [1.54, 1.807) is 26.2 Å². The fourth-order valence-electron chi connectivity index (χ4n) is 1.61. The highest BCUT2D eigenvalue weighted by molar-refractivity contribution is 7.89. The van der Waals surface area contributed by atoms with Gasteiger partial charge in [-0.15, -0.1) is 0 Å². The van der Waals surface area contributed by atoms with Crippen LogP contribution in [0.5, 0.6) is 0 Å². The number of aryl methyl sites for hydroxylation is 1. The van der Waals surface area contributed by atoms with Gasteiger partial charge in [-0.25, -0.2) is 12.7 Å². The Kier molecular flexibility index (Phi) is 3.76. The minimum absolute atomic E-state index is 0.331. The molecule has 0 bridgehead atoms. The fourth-order valence-corrected chi connectivity index (χ4v) is 2.55. The van der Waals surface area contributed by atoms with Gasteiger partial charge in [-0.05, 0) is 36.1 Å². The van der Waals surface area contributed by atoms with Crippen LogP contribution in [0, 0.1) is 6.92 Å². The highest BCUT2D eigenvalue weighted by Gasteiger charge is 2.18. The average molecular weight is 241 g/mol. The molecule has 0 N–H and O–H groups in total. The maximum absolute atomic E-state index is 11.9. The number of nitrogens with zero attached hydrogens (tertiary/aromatic N) is 1. The highest BCUT2D eigenvalue weighted by atomic mass is 32.2. The van der Waals surface area contributed by atoms with Crippen molar-refractivity contribution < 1.29 is 8.42 Å². The van der Waals surface area contributed by atoms with Crippen LogP contribution < -0.4 is 0 Å².